The molecule has 2 amide bonds. The average molecular weight is 479 g/mol. The Kier molecular flexibility index (Phi) is 8.40. The number of carboxylic acids is 1. The molecule has 0 radical (unpaired) electrons. The lowest BCUT2D eigenvalue weighted by atomic mass is 9.98. The molecule has 2 aliphatic carbocycles. The molecule has 35 heavy (non-hydrogen) atoms. The fourth-order valence-corrected chi connectivity index (χ4v) is 5.37. The first-order valence-corrected chi connectivity index (χ1v) is 12.6. The minimum atomic E-state index is -0.770. The number of hydrogen-bond acceptors (Lipinski definition) is 4. The first-order valence-electron chi connectivity index (χ1n) is 12.6. The van der Waals surface area contributed by atoms with Crippen LogP contribution in [-0.2, 0) is 14.3 Å². The molecule has 2 aliphatic rings. The van der Waals surface area contributed by atoms with Gasteiger partial charge in [-0.2, -0.15) is 0 Å². The number of benzene rings is 2. The van der Waals surface area contributed by atoms with Crippen LogP contribution in [0.3, 0.4) is 0 Å². The fraction of sp³-hybridized carbons (Fsp3) is 0.464. The number of amides is 2. The maximum absolute atomic E-state index is 12.2. The zero-order chi connectivity index (χ0) is 24.6. The molecule has 186 valence electrons. The average Bonchev–Trinajstić information content (AvgIpc) is 3.41. The Morgan fingerprint density at radius 3 is 2.29 bits per heavy atom. The van der Waals surface area contributed by atoms with Crippen molar-refractivity contribution in [3.63, 3.8) is 0 Å². The van der Waals surface area contributed by atoms with Crippen molar-refractivity contribution in [3.05, 3.63) is 59.7 Å². The van der Waals surface area contributed by atoms with E-state index in [1.165, 1.54) is 22.3 Å². The van der Waals surface area contributed by atoms with Gasteiger partial charge in [0, 0.05) is 31.3 Å². The largest absolute Gasteiger partial charge is 0.481 e. The van der Waals surface area contributed by atoms with Gasteiger partial charge in [-0.3, -0.25) is 9.59 Å². The van der Waals surface area contributed by atoms with Crippen LogP contribution in [0.2, 0.25) is 0 Å². The van der Waals surface area contributed by atoms with Crippen molar-refractivity contribution in [2.75, 3.05) is 13.2 Å². The van der Waals surface area contributed by atoms with Gasteiger partial charge in [0.15, 0.2) is 0 Å². The quantitative estimate of drug-likeness (QED) is 0.401. The van der Waals surface area contributed by atoms with Gasteiger partial charge >= 0.3 is 12.1 Å². The van der Waals surface area contributed by atoms with Crippen LogP contribution < -0.4 is 10.6 Å². The van der Waals surface area contributed by atoms with Gasteiger partial charge in [0.25, 0.3) is 0 Å². The van der Waals surface area contributed by atoms with Gasteiger partial charge in [0.1, 0.15) is 6.61 Å². The lowest BCUT2D eigenvalue weighted by molar-refractivity contribution is -0.138. The highest BCUT2D eigenvalue weighted by molar-refractivity contribution is 5.79. The Morgan fingerprint density at radius 2 is 1.60 bits per heavy atom. The minimum absolute atomic E-state index is 0.0236. The van der Waals surface area contributed by atoms with E-state index in [9.17, 15) is 14.4 Å². The predicted molar refractivity (Wildman–Crippen MR) is 133 cm³/mol. The van der Waals surface area contributed by atoms with Gasteiger partial charge in [-0.1, -0.05) is 55.0 Å². The Hall–Kier alpha value is -3.35. The Balaban J connectivity index is 1.09. The predicted octanol–water partition coefficient (Wildman–Crippen LogP) is 4.85. The number of hydrogen-bond donors (Lipinski definition) is 3. The molecule has 0 saturated heterocycles. The molecule has 1 fully saturated rings. The van der Waals surface area contributed by atoms with Gasteiger partial charge in [-0.05, 0) is 60.3 Å². The number of alkyl carbamates (subject to hydrolysis) is 1. The number of carboxylic acid groups (broad SMARTS) is 1. The summed E-state index contributed by atoms with van der Waals surface area (Å²) in [5.41, 5.74) is 4.79. The number of fused-ring (bicyclic) bond motifs is 3. The number of ether oxygens (including phenoxy) is 1. The lowest BCUT2D eigenvalue weighted by Gasteiger charge is -2.14. The Labute approximate surface area is 206 Å². The lowest BCUT2D eigenvalue weighted by Crippen LogP contribution is -2.32. The van der Waals surface area contributed by atoms with Crippen molar-refractivity contribution in [1.82, 2.24) is 10.6 Å². The van der Waals surface area contributed by atoms with Crippen molar-refractivity contribution in [2.24, 2.45) is 5.92 Å². The molecule has 0 heterocycles. The summed E-state index contributed by atoms with van der Waals surface area (Å²) in [4.78, 5) is 35.2. The van der Waals surface area contributed by atoms with Crippen LogP contribution in [0.4, 0.5) is 4.79 Å². The van der Waals surface area contributed by atoms with E-state index in [-0.39, 0.29) is 30.2 Å². The fourth-order valence-electron chi connectivity index (χ4n) is 5.37. The summed E-state index contributed by atoms with van der Waals surface area (Å²) in [7, 11) is 0. The van der Waals surface area contributed by atoms with Gasteiger partial charge in [0.2, 0.25) is 5.91 Å². The highest BCUT2D eigenvalue weighted by Crippen LogP contribution is 2.44. The third-order valence-electron chi connectivity index (χ3n) is 7.06. The molecular formula is C28H34N2O5. The van der Waals surface area contributed by atoms with E-state index in [0.717, 1.165) is 38.5 Å². The van der Waals surface area contributed by atoms with E-state index in [4.69, 9.17) is 9.84 Å². The van der Waals surface area contributed by atoms with Gasteiger partial charge in [-0.25, -0.2) is 4.79 Å². The topological polar surface area (TPSA) is 105 Å². The SMILES string of the molecule is O=C(O)C[C@H]1CC[C@@H](NC(=O)CCCCCNC(=O)OCC2c3ccccc3-c3ccccc32)C1. The number of unbranched alkanes of at least 4 members (excludes halogenated alkanes) is 2. The maximum Gasteiger partial charge on any atom is 0.407 e. The number of rotatable bonds is 11. The van der Waals surface area contributed by atoms with E-state index in [1.54, 1.807) is 0 Å². The summed E-state index contributed by atoms with van der Waals surface area (Å²) in [5, 5.41) is 14.7. The Bertz CT molecular complexity index is 1010. The van der Waals surface area contributed by atoms with E-state index >= 15 is 0 Å². The van der Waals surface area contributed by atoms with Gasteiger partial charge < -0.3 is 20.5 Å². The van der Waals surface area contributed by atoms with Crippen LogP contribution in [0.1, 0.15) is 68.4 Å². The second-order valence-corrected chi connectivity index (χ2v) is 9.60. The summed E-state index contributed by atoms with van der Waals surface area (Å²) in [6.45, 7) is 0.812. The normalized spacial score (nSPS) is 18.5. The molecule has 0 aliphatic heterocycles. The van der Waals surface area contributed by atoms with E-state index in [0.29, 0.717) is 19.6 Å². The summed E-state index contributed by atoms with van der Waals surface area (Å²) < 4.78 is 5.54. The standard InChI is InChI=1S/C28H34N2O5/c31-26(30-20-14-13-19(16-20)17-27(32)33)12-2-1-7-15-29-28(34)35-18-25-23-10-5-3-8-21(23)22-9-4-6-11-24(22)25/h3-6,8-11,19-20,25H,1-2,7,12-18H2,(H,29,34)(H,30,31)(H,32,33)/t19-,20+/m0/s1. The van der Waals surface area contributed by atoms with Gasteiger partial charge in [0.05, 0.1) is 0 Å². The van der Waals surface area contributed by atoms with E-state index in [2.05, 4.69) is 34.9 Å². The third-order valence-corrected chi connectivity index (χ3v) is 7.06. The molecule has 2 atom stereocenters. The molecular weight excluding hydrogens is 444 g/mol. The van der Waals surface area contributed by atoms with Crippen molar-refractivity contribution >= 4 is 18.0 Å². The van der Waals surface area contributed by atoms with Crippen LogP contribution in [0.25, 0.3) is 11.1 Å². The van der Waals surface area contributed by atoms with Gasteiger partial charge in [-0.15, -0.1) is 0 Å². The monoisotopic (exact) mass is 478 g/mol. The maximum atomic E-state index is 12.2. The molecule has 7 nitrogen and oxygen atoms in total. The molecule has 3 N–H and O–H groups in total. The molecule has 4 rings (SSSR count). The smallest absolute Gasteiger partial charge is 0.407 e. The van der Waals surface area contributed by atoms with Crippen molar-refractivity contribution in [2.45, 2.75) is 63.3 Å². The van der Waals surface area contributed by atoms with Crippen LogP contribution in [-0.4, -0.2) is 42.3 Å². The molecule has 1 saturated carbocycles. The van der Waals surface area contributed by atoms with Crippen LogP contribution in [0, 0.1) is 5.92 Å². The van der Waals surface area contributed by atoms with Crippen molar-refractivity contribution < 1.29 is 24.2 Å². The Morgan fingerprint density at radius 1 is 0.914 bits per heavy atom. The van der Waals surface area contributed by atoms with Crippen LogP contribution in [0.5, 0.6) is 0 Å². The molecule has 0 aromatic heterocycles. The first kappa shape index (κ1) is 24.8. The molecule has 0 unspecified atom stereocenters. The second kappa shape index (κ2) is 11.9. The molecule has 7 heteroatoms. The first-order chi connectivity index (χ1) is 17.0. The molecule has 0 bridgehead atoms. The number of aliphatic carboxylic acids is 1. The number of carbonyl (C=O) groups is 3. The zero-order valence-corrected chi connectivity index (χ0v) is 20.0. The molecule has 2 aromatic rings. The van der Waals surface area contributed by atoms with E-state index < -0.39 is 12.1 Å². The number of carbonyl (C=O) groups excluding carboxylic acids is 2. The summed E-state index contributed by atoms with van der Waals surface area (Å²) in [5.74, 6) is -0.531. The van der Waals surface area contributed by atoms with E-state index in [1.807, 2.05) is 24.3 Å². The van der Waals surface area contributed by atoms with Crippen LogP contribution in [0.15, 0.2) is 48.5 Å². The molecule has 0 spiro atoms. The van der Waals surface area contributed by atoms with Crippen molar-refractivity contribution in [3.8, 4) is 11.1 Å². The summed E-state index contributed by atoms with van der Waals surface area (Å²) in [6.07, 6.45) is 5.05. The summed E-state index contributed by atoms with van der Waals surface area (Å²) in [6, 6.07) is 16.6. The second-order valence-electron chi connectivity index (χ2n) is 9.60. The summed E-state index contributed by atoms with van der Waals surface area (Å²) >= 11 is 0. The van der Waals surface area contributed by atoms with Crippen molar-refractivity contribution in [1.29, 1.82) is 0 Å². The highest BCUT2D eigenvalue weighted by Gasteiger charge is 2.29. The number of nitrogens with one attached hydrogen (secondary N) is 2. The third kappa shape index (κ3) is 6.62. The molecule has 2 aromatic carbocycles. The minimum Gasteiger partial charge on any atom is -0.481 e. The zero-order valence-electron chi connectivity index (χ0n) is 20.0. The van der Waals surface area contributed by atoms with Crippen LogP contribution >= 0.6 is 0 Å². The highest BCUT2D eigenvalue weighted by atomic mass is 16.5.